The van der Waals surface area contributed by atoms with Crippen molar-refractivity contribution in [2.24, 2.45) is 0 Å². The molecule has 6 nitrogen and oxygen atoms in total. The molecule has 0 aliphatic heterocycles. The Morgan fingerprint density at radius 3 is 2.54 bits per heavy atom. The van der Waals surface area contributed by atoms with Gasteiger partial charge in [-0.25, -0.2) is 15.0 Å². The number of aryl methyl sites for hydroxylation is 1. The topological polar surface area (TPSA) is 76.9 Å². The van der Waals surface area contributed by atoms with Crippen molar-refractivity contribution < 1.29 is 18.2 Å². The number of halogens is 4. The number of hydrogen-bond acceptors (Lipinski definition) is 5. The SMILES string of the molecule is Cc1nc(-c2ccccn2)nc(NCCNc2cccc(C(F)(F)F)[nH+]2)c1Cl. The van der Waals surface area contributed by atoms with Gasteiger partial charge in [-0.3, -0.25) is 10.3 Å². The highest BCUT2D eigenvalue weighted by Crippen LogP contribution is 2.26. The molecule has 0 aliphatic carbocycles. The first-order valence-electron chi connectivity index (χ1n) is 8.37. The van der Waals surface area contributed by atoms with Crippen molar-refractivity contribution in [3.8, 4) is 11.5 Å². The number of aromatic amines is 1. The van der Waals surface area contributed by atoms with Crippen LogP contribution in [0.2, 0.25) is 5.02 Å². The van der Waals surface area contributed by atoms with Gasteiger partial charge in [0.2, 0.25) is 5.69 Å². The second-order valence-corrected chi connectivity index (χ2v) is 6.22. The van der Waals surface area contributed by atoms with Crippen molar-refractivity contribution in [3.63, 3.8) is 0 Å². The Bertz CT molecular complexity index is 950. The summed E-state index contributed by atoms with van der Waals surface area (Å²) < 4.78 is 38.2. The molecule has 3 aromatic heterocycles. The van der Waals surface area contributed by atoms with Crippen LogP contribution in [0.3, 0.4) is 0 Å². The zero-order valence-electron chi connectivity index (χ0n) is 14.8. The van der Waals surface area contributed by atoms with Gasteiger partial charge in [0.05, 0.1) is 12.2 Å². The predicted octanol–water partition coefficient (Wildman–Crippen LogP) is 3.86. The van der Waals surface area contributed by atoms with Crippen molar-refractivity contribution in [3.05, 3.63) is 59.0 Å². The summed E-state index contributed by atoms with van der Waals surface area (Å²) in [5.74, 6) is 1.13. The summed E-state index contributed by atoms with van der Waals surface area (Å²) in [5.41, 5.74) is 0.390. The highest BCUT2D eigenvalue weighted by Gasteiger charge is 2.35. The molecule has 3 N–H and O–H groups in total. The van der Waals surface area contributed by atoms with Gasteiger partial charge in [0, 0.05) is 12.3 Å². The Kier molecular flexibility index (Phi) is 5.93. The summed E-state index contributed by atoms with van der Waals surface area (Å²) in [4.78, 5) is 15.3. The van der Waals surface area contributed by atoms with Crippen LogP contribution in [0.4, 0.5) is 24.8 Å². The number of alkyl halides is 3. The van der Waals surface area contributed by atoms with Crippen LogP contribution in [0.15, 0.2) is 42.6 Å². The zero-order chi connectivity index (χ0) is 20.1. The van der Waals surface area contributed by atoms with E-state index in [9.17, 15) is 13.2 Å². The van der Waals surface area contributed by atoms with Gasteiger partial charge < -0.3 is 5.32 Å². The number of nitrogens with zero attached hydrogens (tertiary/aromatic N) is 3. The molecule has 0 amide bonds. The predicted molar refractivity (Wildman–Crippen MR) is 100.0 cm³/mol. The Labute approximate surface area is 164 Å². The average Bonchev–Trinajstić information content (AvgIpc) is 2.68. The number of anilines is 2. The van der Waals surface area contributed by atoms with Crippen LogP contribution in [0, 0.1) is 6.92 Å². The molecule has 0 fully saturated rings. The monoisotopic (exact) mass is 409 g/mol. The fraction of sp³-hybridized carbons (Fsp3) is 0.222. The van der Waals surface area contributed by atoms with E-state index in [1.54, 1.807) is 25.3 Å². The molecule has 0 atom stereocenters. The van der Waals surface area contributed by atoms with Gasteiger partial charge in [0.15, 0.2) is 5.82 Å². The number of hydrogen-bond donors (Lipinski definition) is 2. The van der Waals surface area contributed by atoms with Crippen molar-refractivity contribution in [2.75, 3.05) is 23.7 Å². The van der Waals surface area contributed by atoms with Crippen LogP contribution >= 0.6 is 11.6 Å². The molecular weight excluding hydrogens is 393 g/mol. The number of aromatic nitrogens is 4. The van der Waals surface area contributed by atoms with E-state index in [4.69, 9.17) is 11.6 Å². The highest BCUT2D eigenvalue weighted by atomic mass is 35.5. The first-order chi connectivity index (χ1) is 13.3. The third-order valence-corrected chi connectivity index (χ3v) is 4.20. The van der Waals surface area contributed by atoms with Crippen LogP contribution in [-0.2, 0) is 6.18 Å². The smallest absolute Gasteiger partial charge is 0.365 e. The third-order valence-electron chi connectivity index (χ3n) is 3.74. The molecule has 0 unspecified atom stereocenters. The van der Waals surface area contributed by atoms with Gasteiger partial charge in [-0.1, -0.05) is 17.7 Å². The average molecular weight is 410 g/mol. The fourth-order valence-corrected chi connectivity index (χ4v) is 2.55. The Morgan fingerprint density at radius 2 is 1.82 bits per heavy atom. The van der Waals surface area contributed by atoms with E-state index in [0.717, 1.165) is 6.07 Å². The van der Waals surface area contributed by atoms with E-state index in [1.807, 2.05) is 6.07 Å². The molecule has 10 heteroatoms. The van der Waals surface area contributed by atoms with Gasteiger partial charge in [0.1, 0.15) is 23.1 Å². The Balaban J connectivity index is 1.64. The third kappa shape index (κ3) is 4.86. The molecule has 0 saturated heterocycles. The quantitative estimate of drug-likeness (QED) is 0.604. The van der Waals surface area contributed by atoms with E-state index in [-0.39, 0.29) is 5.82 Å². The maximum atomic E-state index is 12.7. The van der Waals surface area contributed by atoms with Gasteiger partial charge in [0.25, 0.3) is 5.82 Å². The van der Waals surface area contributed by atoms with Crippen molar-refractivity contribution in [2.45, 2.75) is 13.1 Å². The summed E-state index contributed by atoms with van der Waals surface area (Å²) in [7, 11) is 0. The normalized spacial score (nSPS) is 11.3. The lowest BCUT2D eigenvalue weighted by molar-refractivity contribution is -0.412. The lowest BCUT2D eigenvalue weighted by Crippen LogP contribution is -2.26. The first kappa shape index (κ1) is 19.8. The highest BCUT2D eigenvalue weighted by molar-refractivity contribution is 6.33. The van der Waals surface area contributed by atoms with E-state index >= 15 is 0 Å². The van der Waals surface area contributed by atoms with Crippen molar-refractivity contribution >= 4 is 23.2 Å². The molecule has 0 saturated carbocycles. The van der Waals surface area contributed by atoms with Crippen LogP contribution in [0.25, 0.3) is 11.5 Å². The van der Waals surface area contributed by atoms with Crippen molar-refractivity contribution in [1.82, 2.24) is 15.0 Å². The number of H-pyrrole nitrogens is 1. The molecule has 3 aromatic rings. The molecule has 0 aromatic carbocycles. The molecule has 0 bridgehead atoms. The van der Waals surface area contributed by atoms with Crippen LogP contribution in [-0.4, -0.2) is 28.0 Å². The van der Waals surface area contributed by atoms with Crippen molar-refractivity contribution in [1.29, 1.82) is 0 Å². The van der Waals surface area contributed by atoms with Crippen LogP contribution < -0.4 is 15.6 Å². The Morgan fingerprint density at radius 1 is 1.04 bits per heavy atom. The molecule has 0 spiro atoms. The van der Waals surface area contributed by atoms with Crippen LogP contribution in [0.1, 0.15) is 11.4 Å². The van der Waals surface area contributed by atoms with Gasteiger partial charge in [-0.15, -0.1) is 0 Å². The molecule has 3 heterocycles. The maximum absolute atomic E-state index is 12.7. The van der Waals surface area contributed by atoms with Gasteiger partial charge in [-0.05, 0) is 31.2 Å². The molecule has 28 heavy (non-hydrogen) atoms. The van der Waals surface area contributed by atoms with E-state index in [2.05, 4.69) is 30.6 Å². The summed E-state index contributed by atoms with van der Waals surface area (Å²) >= 11 is 6.26. The van der Waals surface area contributed by atoms with E-state index < -0.39 is 11.9 Å². The largest absolute Gasteiger partial charge is 0.453 e. The summed E-state index contributed by atoms with van der Waals surface area (Å²) in [6, 6.07) is 9.25. The fourth-order valence-electron chi connectivity index (χ4n) is 2.40. The van der Waals surface area contributed by atoms with Gasteiger partial charge >= 0.3 is 6.18 Å². The maximum Gasteiger partial charge on any atom is 0.453 e. The van der Waals surface area contributed by atoms with E-state index in [1.165, 1.54) is 12.1 Å². The zero-order valence-corrected chi connectivity index (χ0v) is 15.6. The standard InChI is InChI=1S/C18H16ClF3N6/c1-11-15(19)17(28-16(26-11)12-5-2-3-8-23-12)25-10-9-24-14-7-4-6-13(27-14)18(20,21)22/h2-8H,9-10H2,1H3,(H,24,27)(H,25,26,28)/p+1. The second-order valence-electron chi connectivity index (χ2n) is 5.84. The minimum atomic E-state index is -4.43. The molecular formula is C18H17ClF3N6+. The van der Waals surface area contributed by atoms with Crippen LogP contribution in [0.5, 0.6) is 0 Å². The second kappa shape index (κ2) is 8.39. The lowest BCUT2D eigenvalue weighted by atomic mass is 10.3. The minimum Gasteiger partial charge on any atom is -0.365 e. The number of rotatable bonds is 6. The molecule has 3 rings (SSSR count). The molecule has 146 valence electrons. The molecule has 0 radical (unpaired) electrons. The van der Waals surface area contributed by atoms with E-state index in [0.29, 0.717) is 41.1 Å². The molecule has 0 aliphatic rings. The lowest BCUT2D eigenvalue weighted by Gasteiger charge is -2.10. The Hall–Kier alpha value is -2.94. The number of pyridine rings is 2. The first-order valence-corrected chi connectivity index (χ1v) is 8.75. The minimum absolute atomic E-state index is 0.260. The summed E-state index contributed by atoms with van der Waals surface area (Å²) in [5, 5.41) is 6.34. The number of nitrogens with one attached hydrogen (secondary N) is 3. The summed E-state index contributed by atoms with van der Waals surface area (Å²) in [6.07, 6.45) is -2.78. The summed E-state index contributed by atoms with van der Waals surface area (Å²) in [6.45, 7) is 2.48. The van der Waals surface area contributed by atoms with Gasteiger partial charge in [-0.2, -0.15) is 13.2 Å².